The number of nitrogens with zero attached hydrogens (tertiary/aromatic N) is 3. The Morgan fingerprint density at radius 2 is 2.14 bits per heavy atom. The Morgan fingerprint density at radius 3 is 2.96 bits per heavy atom. The lowest BCUT2D eigenvalue weighted by Gasteiger charge is -2.25. The topological polar surface area (TPSA) is 59.4 Å². The summed E-state index contributed by atoms with van der Waals surface area (Å²) in [6.07, 6.45) is 1.97. The lowest BCUT2D eigenvalue weighted by molar-refractivity contribution is 0.192. The highest BCUT2D eigenvalue weighted by Gasteiger charge is 2.30. The second kappa shape index (κ2) is 7.54. The first-order valence-corrected chi connectivity index (χ1v) is 9.67. The van der Waals surface area contributed by atoms with Gasteiger partial charge in [-0.25, -0.2) is 4.79 Å². The molecule has 28 heavy (non-hydrogen) atoms. The van der Waals surface area contributed by atoms with Crippen LogP contribution in [0.5, 0.6) is 5.75 Å². The molecule has 2 amide bonds. The predicted octanol–water partition coefficient (Wildman–Crippen LogP) is 3.94. The van der Waals surface area contributed by atoms with Crippen molar-refractivity contribution >= 4 is 16.9 Å². The number of amides is 2. The summed E-state index contributed by atoms with van der Waals surface area (Å²) in [5.74, 6) is 0.820. The van der Waals surface area contributed by atoms with Gasteiger partial charge in [0.15, 0.2) is 0 Å². The molecular weight excluding hydrogens is 352 g/mol. The van der Waals surface area contributed by atoms with Crippen molar-refractivity contribution in [1.29, 1.82) is 0 Å². The van der Waals surface area contributed by atoms with Gasteiger partial charge in [0.1, 0.15) is 5.75 Å². The summed E-state index contributed by atoms with van der Waals surface area (Å²) < 4.78 is 7.20. The van der Waals surface area contributed by atoms with Crippen molar-refractivity contribution in [2.45, 2.75) is 32.4 Å². The summed E-state index contributed by atoms with van der Waals surface area (Å²) in [6, 6.07) is 14.3. The van der Waals surface area contributed by atoms with Gasteiger partial charge in [-0.05, 0) is 49.6 Å². The molecule has 0 aliphatic carbocycles. The number of ether oxygens (including phenoxy) is 1. The molecule has 0 radical (unpaired) electrons. The molecule has 1 atom stereocenters. The standard InChI is InChI=1S/C22H26N4O2/c1-15-9-10-21-18(12-15)19(24-25(21)2)14-23-22(27)26-11-5-8-20(26)16-6-4-7-17(13-16)28-3/h4,6-7,9-10,12-13,20H,5,8,11,14H2,1-3H3,(H,23,27). The fraction of sp³-hybridized carbons (Fsp3) is 0.364. The monoisotopic (exact) mass is 378 g/mol. The van der Waals surface area contributed by atoms with Gasteiger partial charge in [-0.1, -0.05) is 23.8 Å². The number of aromatic nitrogens is 2. The van der Waals surface area contributed by atoms with Crippen LogP contribution in [0, 0.1) is 6.92 Å². The highest BCUT2D eigenvalue weighted by molar-refractivity contribution is 5.83. The minimum absolute atomic E-state index is 0.0447. The number of carbonyl (C=O) groups excluding carboxylic acids is 1. The summed E-state index contributed by atoms with van der Waals surface area (Å²) in [5, 5.41) is 8.76. The van der Waals surface area contributed by atoms with Crippen molar-refractivity contribution in [3.63, 3.8) is 0 Å². The normalized spacial score (nSPS) is 16.5. The fourth-order valence-corrected chi connectivity index (χ4v) is 4.05. The van der Waals surface area contributed by atoms with Crippen molar-refractivity contribution in [1.82, 2.24) is 20.0 Å². The van der Waals surface area contributed by atoms with Crippen LogP contribution in [0.25, 0.3) is 10.9 Å². The van der Waals surface area contributed by atoms with Gasteiger partial charge in [0.2, 0.25) is 0 Å². The summed E-state index contributed by atoms with van der Waals surface area (Å²) in [6.45, 7) is 3.24. The van der Waals surface area contributed by atoms with E-state index >= 15 is 0 Å². The Bertz CT molecular complexity index is 1010. The van der Waals surface area contributed by atoms with E-state index in [2.05, 4.69) is 41.6 Å². The molecule has 0 saturated carbocycles. The van der Waals surface area contributed by atoms with E-state index in [9.17, 15) is 4.79 Å². The first-order chi connectivity index (χ1) is 13.6. The first kappa shape index (κ1) is 18.3. The van der Waals surface area contributed by atoms with Crippen LogP contribution in [0.2, 0.25) is 0 Å². The molecule has 2 heterocycles. The molecule has 2 aromatic carbocycles. The van der Waals surface area contributed by atoms with Crippen molar-refractivity contribution in [2.24, 2.45) is 7.05 Å². The number of hydrogen-bond acceptors (Lipinski definition) is 3. The number of carbonyl (C=O) groups is 1. The molecular formula is C22H26N4O2. The van der Waals surface area contributed by atoms with Crippen LogP contribution >= 0.6 is 0 Å². The van der Waals surface area contributed by atoms with Crippen LogP contribution < -0.4 is 10.1 Å². The van der Waals surface area contributed by atoms with Crippen LogP contribution in [0.3, 0.4) is 0 Å². The van der Waals surface area contributed by atoms with Crippen molar-refractivity contribution in [3.8, 4) is 5.75 Å². The van der Waals surface area contributed by atoms with E-state index in [1.807, 2.05) is 34.8 Å². The maximum atomic E-state index is 12.9. The Hall–Kier alpha value is -3.02. The Morgan fingerprint density at radius 1 is 1.29 bits per heavy atom. The Balaban J connectivity index is 1.50. The Kier molecular flexibility index (Phi) is 4.94. The van der Waals surface area contributed by atoms with Gasteiger partial charge in [-0.15, -0.1) is 0 Å². The van der Waals surface area contributed by atoms with E-state index in [-0.39, 0.29) is 12.1 Å². The zero-order valence-electron chi connectivity index (χ0n) is 16.6. The summed E-state index contributed by atoms with van der Waals surface area (Å²) in [5.41, 5.74) is 4.27. The summed E-state index contributed by atoms with van der Waals surface area (Å²) >= 11 is 0. The second-order valence-corrected chi connectivity index (χ2v) is 7.38. The molecule has 6 nitrogen and oxygen atoms in total. The minimum Gasteiger partial charge on any atom is -0.497 e. The molecule has 1 aromatic heterocycles. The number of likely N-dealkylation sites (tertiary alicyclic amines) is 1. The third kappa shape index (κ3) is 3.42. The SMILES string of the molecule is COc1cccc(C2CCCN2C(=O)NCc2nn(C)c3ccc(C)cc23)c1. The molecule has 4 rings (SSSR count). The fourth-order valence-electron chi connectivity index (χ4n) is 4.05. The average molecular weight is 378 g/mol. The van der Waals surface area contributed by atoms with Crippen LogP contribution in [-0.2, 0) is 13.6 Å². The van der Waals surface area contributed by atoms with Gasteiger partial charge >= 0.3 is 6.03 Å². The van der Waals surface area contributed by atoms with Gasteiger partial charge in [0.05, 0.1) is 30.9 Å². The molecule has 1 unspecified atom stereocenters. The maximum absolute atomic E-state index is 12.9. The van der Waals surface area contributed by atoms with Gasteiger partial charge < -0.3 is 15.0 Å². The van der Waals surface area contributed by atoms with Crippen molar-refractivity contribution in [3.05, 3.63) is 59.3 Å². The highest BCUT2D eigenvalue weighted by Crippen LogP contribution is 2.33. The molecule has 1 aliphatic rings. The number of nitrogens with one attached hydrogen (secondary N) is 1. The number of aryl methyl sites for hydroxylation is 2. The second-order valence-electron chi connectivity index (χ2n) is 7.38. The molecule has 146 valence electrons. The molecule has 1 aliphatic heterocycles. The van der Waals surface area contributed by atoms with E-state index in [4.69, 9.17) is 4.74 Å². The largest absolute Gasteiger partial charge is 0.497 e. The maximum Gasteiger partial charge on any atom is 0.318 e. The lowest BCUT2D eigenvalue weighted by atomic mass is 10.0. The highest BCUT2D eigenvalue weighted by atomic mass is 16.5. The van der Waals surface area contributed by atoms with E-state index in [1.165, 1.54) is 5.56 Å². The van der Waals surface area contributed by atoms with E-state index in [0.717, 1.165) is 47.3 Å². The van der Waals surface area contributed by atoms with E-state index in [1.54, 1.807) is 7.11 Å². The number of fused-ring (bicyclic) bond motifs is 1. The van der Waals surface area contributed by atoms with E-state index in [0.29, 0.717) is 6.54 Å². The molecule has 1 fully saturated rings. The number of urea groups is 1. The number of hydrogen-bond donors (Lipinski definition) is 1. The van der Waals surface area contributed by atoms with Crippen molar-refractivity contribution in [2.75, 3.05) is 13.7 Å². The molecule has 1 N–H and O–H groups in total. The van der Waals surface area contributed by atoms with Gasteiger partial charge in [-0.2, -0.15) is 5.10 Å². The van der Waals surface area contributed by atoms with Crippen molar-refractivity contribution < 1.29 is 9.53 Å². The zero-order valence-corrected chi connectivity index (χ0v) is 16.6. The van der Waals surface area contributed by atoms with Crippen LogP contribution in [0.15, 0.2) is 42.5 Å². The Labute approximate surface area is 165 Å². The quantitative estimate of drug-likeness (QED) is 0.748. The lowest BCUT2D eigenvalue weighted by Crippen LogP contribution is -2.39. The number of benzene rings is 2. The summed E-state index contributed by atoms with van der Waals surface area (Å²) in [4.78, 5) is 14.8. The number of rotatable bonds is 4. The molecule has 3 aromatic rings. The molecule has 0 spiro atoms. The average Bonchev–Trinajstić information content (AvgIpc) is 3.31. The smallest absolute Gasteiger partial charge is 0.318 e. The molecule has 0 bridgehead atoms. The van der Waals surface area contributed by atoms with Crippen LogP contribution in [0.1, 0.15) is 35.7 Å². The number of methoxy groups -OCH3 is 1. The third-order valence-corrected chi connectivity index (χ3v) is 5.48. The predicted molar refractivity (Wildman–Crippen MR) is 109 cm³/mol. The first-order valence-electron chi connectivity index (χ1n) is 9.67. The third-order valence-electron chi connectivity index (χ3n) is 5.48. The molecule has 1 saturated heterocycles. The van der Waals surface area contributed by atoms with Gasteiger partial charge in [0, 0.05) is 19.0 Å². The minimum atomic E-state index is -0.0447. The van der Waals surface area contributed by atoms with Gasteiger partial charge in [-0.3, -0.25) is 4.68 Å². The molecule has 6 heteroatoms. The van der Waals surface area contributed by atoms with Crippen LogP contribution in [0.4, 0.5) is 4.79 Å². The van der Waals surface area contributed by atoms with E-state index < -0.39 is 0 Å². The van der Waals surface area contributed by atoms with Crippen LogP contribution in [-0.4, -0.2) is 34.4 Å². The zero-order chi connectivity index (χ0) is 19.7. The summed E-state index contributed by atoms with van der Waals surface area (Å²) in [7, 11) is 3.60. The van der Waals surface area contributed by atoms with Gasteiger partial charge in [0.25, 0.3) is 0 Å².